The number of benzene rings is 3. The minimum atomic E-state index is -0.481. The molecule has 0 saturated carbocycles. The third-order valence-corrected chi connectivity index (χ3v) is 6.42. The number of hydrazone groups is 1. The average Bonchev–Trinajstić information content (AvgIpc) is 3.25. The Kier molecular flexibility index (Phi) is 8.29. The number of hydrogen-bond donors (Lipinski definition) is 1. The van der Waals surface area contributed by atoms with Crippen molar-refractivity contribution in [2.75, 3.05) is 5.75 Å². The summed E-state index contributed by atoms with van der Waals surface area (Å²) in [5, 5.41) is 12.9. The summed E-state index contributed by atoms with van der Waals surface area (Å²) in [5.41, 5.74) is 5.44. The molecule has 1 amide bonds. The number of rotatable bonds is 8. The molecule has 0 aliphatic carbocycles. The van der Waals surface area contributed by atoms with E-state index in [9.17, 15) is 9.59 Å². The van der Waals surface area contributed by atoms with E-state index in [2.05, 4.69) is 36.7 Å². The Morgan fingerprint density at radius 1 is 1.06 bits per heavy atom. The molecule has 182 valence electrons. The lowest BCUT2D eigenvalue weighted by Gasteiger charge is -2.08. The molecular weight excluding hydrogens is 542 g/mol. The Labute approximate surface area is 220 Å². The molecule has 0 fully saturated rings. The van der Waals surface area contributed by atoms with Crippen molar-refractivity contribution < 1.29 is 14.3 Å². The summed E-state index contributed by atoms with van der Waals surface area (Å²) in [4.78, 5) is 24.9. The summed E-state index contributed by atoms with van der Waals surface area (Å²) < 4.78 is 8.22. The van der Waals surface area contributed by atoms with Crippen LogP contribution in [0.25, 0.3) is 5.69 Å². The topological polar surface area (TPSA) is 98.5 Å². The second-order valence-corrected chi connectivity index (χ2v) is 9.58. The maximum Gasteiger partial charge on any atom is 0.343 e. The molecule has 0 radical (unpaired) electrons. The van der Waals surface area contributed by atoms with Crippen LogP contribution >= 0.6 is 27.7 Å². The van der Waals surface area contributed by atoms with E-state index in [1.165, 1.54) is 18.0 Å². The van der Waals surface area contributed by atoms with Gasteiger partial charge >= 0.3 is 5.97 Å². The van der Waals surface area contributed by atoms with Gasteiger partial charge < -0.3 is 4.74 Å². The largest absolute Gasteiger partial charge is 0.422 e. The zero-order valence-corrected chi connectivity index (χ0v) is 21.9. The molecule has 0 aliphatic heterocycles. The van der Waals surface area contributed by atoms with E-state index in [0.717, 1.165) is 21.5 Å². The van der Waals surface area contributed by atoms with E-state index in [1.807, 2.05) is 60.9 Å². The van der Waals surface area contributed by atoms with Crippen LogP contribution in [0, 0.1) is 13.8 Å². The number of nitrogens with zero attached hydrogens (tertiary/aromatic N) is 4. The summed E-state index contributed by atoms with van der Waals surface area (Å²) in [6.45, 7) is 3.80. The van der Waals surface area contributed by atoms with Crippen molar-refractivity contribution in [3.63, 3.8) is 0 Å². The quantitative estimate of drug-likeness (QED) is 0.105. The number of hydrogen-bond acceptors (Lipinski definition) is 7. The molecule has 10 heteroatoms. The fraction of sp³-hybridized carbons (Fsp3) is 0.115. The number of nitrogens with one attached hydrogen (secondary N) is 1. The van der Waals surface area contributed by atoms with Crippen LogP contribution in [-0.4, -0.2) is 38.6 Å². The summed E-state index contributed by atoms with van der Waals surface area (Å²) in [5.74, 6) is 0.345. The van der Waals surface area contributed by atoms with Gasteiger partial charge in [-0.2, -0.15) is 5.10 Å². The summed E-state index contributed by atoms with van der Waals surface area (Å²) in [7, 11) is 0. The van der Waals surface area contributed by atoms with Crippen LogP contribution in [0.3, 0.4) is 0 Å². The summed E-state index contributed by atoms with van der Waals surface area (Å²) in [6, 6.07) is 22.0. The zero-order valence-electron chi connectivity index (χ0n) is 19.5. The Morgan fingerprint density at radius 2 is 1.81 bits per heavy atom. The molecule has 1 heterocycles. The van der Waals surface area contributed by atoms with Gasteiger partial charge in [-0.1, -0.05) is 63.6 Å². The molecule has 1 aromatic heterocycles. The Bertz CT molecular complexity index is 1410. The summed E-state index contributed by atoms with van der Waals surface area (Å²) >= 11 is 4.66. The van der Waals surface area contributed by atoms with Crippen LogP contribution < -0.4 is 10.2 Å². The first kappa shape index (κ1) is 25.3. The minimum Gasteiger partial charge on any atom is -0.422 e. The number of aryl methyl sites for hydroxylation is 2. The highest BCUT2D eigenvalue weighted by molar-refractivity contribution is 9.10. The van der Waals surface area contributed by atoms with Crippen LogP contribution in [0.5, 0.6) is 5.75 Å². The van der Waals surface area contributed by atoms with Crippen molar-refractivity contribution in [2.24, 2.45) is 5.10 Å². The van der Waals surface area contributed by atoms with Crippen LogP contribution in [0.1, 0.15) is 27.3 Å². The van der Waals surface area contributed by atoms with Crippen LogP contribution in [0.2, 0.25) is 0 Å². The number of ether oxygens (including phenoxy) is 1. The first-order valence-electron chi connectivity index (χ1n) is 10.9. The van der Waals surface area contributed by atoms with Gasteiger partial charge in [0.15, 0.2) is 5.16 Å². The highest BCUT2D eigenvalue weighted by atomic mass is 79.9. The van der Waals surface area contributed by atoms with Crippen LogP contribution in [0.15, 0.2) is 87.5 Å². The molecule has 4 rings (SSSR count). The lowest BCUT2D eigenvalue weighted by atomic mass is 10.1. The number of aromatic nitrogens is 3. The predicted octanol–water partition coefficient (Wildman–Crippen LogP) is 5.11. The molecule has 4 aromatic rings. The van der Waals surface area contributed by atoms with E-state index in [4.69, 9.17) is 4.74 Å². The molecule has 0 aliphatic rings. The number of para-hydroxylation sites is 1. The standard InChI is InChI=1S/C26H22BrN5O3S/c1-17-8-10-19(11-9-17)25(34)35-23-13-12-21(27)14-20(23)15-28-30-24(33)16-36-26-31-29-18(2)32(26)22-6-4-3-5-7-22/h3-15H,16H2,1-2H3,(H,30,33). The lowest BCUT2D eigenvalue weighted by molar-refractivity contribution is -0.118. The van der Waals surface area contributed by atoms with Gasteiger partial charge in [0.25, 0.3) is 5.91 Å². The van der Waals surface area contributed by atoms with Crippen molar-refractivity contribution in [3.8, 4) is 11.4 Å². The number of thioether (sulfide) groups is 1. The molecule has 0 atom stereocenters. The van der Waals surface area contributed by atoms with Crippen molar-refractivity contribution in [2.45, 2.75) is 19.0 Å². The van der Waals surface area contributed by atoms with Gasteiger partial charge in [-0.3, -0.25) is 9.36 Å². The molecule has 0 unspecified atom stereocenters. The highest BCUT2D eigenvalue weighted by Crippen LogP contribution is 2.24. The number of esters is 1. The average molecular weight is 564 g/mol. The Hall–Kier alpha value is -3.76. The van der Waals surface area contributed by atoms with E-state index < -0.39 is 5.97 Å². The fourth-order valence-corrected chi connectivity index (χ4v) is 4.38. The molecular formula is C26H22BrN5O3S. The smallest absolute Gasteiger partial charge is 0.343 e. The monoisotopic (exact) mass is 563 g/mol. The van der Waals surface area contributed by atoms with E-state index >= 15 is 0 Å². The lowest BCUT2D eigenvalue weighted by Crippen LogP contribution is -2.20. The van der Waals surface area contributed by atoms with Crippen molar-refractivity contribution in [3.05, 3.63) is 99.8 Å². The number of carbonyl (C=O) groups excluding carboxylic acids is 2. The molecule has 0 saturated heterocycles. The molecule has 3 aromatic carbocycles. The van der Waals surface area contributed by atoms with Crippen LogP contribution in [-0.2, 0) is 4.79 Å². The van der Waals surface area contributed by atoms with Crippen LogP contribution in [0.4, 0.5) is 0 Å². The maximum atomic E-state index is 12.5. The van der Waals surface area contributed by atoms with Gasteiger partial charge in [0.05, 0.1) is 17.5 Å². The van der Waals surface area contributed by atoms with Crippen molar-refractivity contribution in [1.82, 2.24) is 20.2 Å². The third kappa shape index (κ3) is 6.46. The van der Waals surface area contributed by atoms with Crippen molar-refractivity contribution >= 4 is 45.8 Å². The first-order valence-corrected chi connectivity index (χ1v) is 12.7. The maximum absolute atomic E-state index is 12.5. The number of halogens is 1. The van der Waals surface area contributed by atoms with E-state index in [1.54, 1.807) is 30.3 Å². The molecule has 8 nitrogen and oxygen atoms in total. The highest BCUT2D eigenvalue weighted by Gasteiger charge is 2.14. The molecule has 36 heavy (non-hydrogen) atoms. The SMILES string of the molecule is Cc1ccc(C(=O)Oc2ccc(Br)cc2C=NNC(=O)CSc2nnc(C)n2-c2ccccc2)cc1. The van der Waals surface area contributed by atoms with Gasteiger partial charge in [-0.25, -0.2) is 10.2 Å². The summed E-state index contributed by atoms with van der Waals surface area (Å²) in [6.07, 6.45) is 1.43. The second-order valence-electron chi connectivity index (χ2n) is 7.72. The molecule has 1 N–H and O–H groups in total. The van der Waals surface area contributed by atoms with E-state index in [0.29, 0.717) is 22.0 Å². The molecule has 0 bridgehead atoms. The minimum absolute atomic E-state index is 0.0933. The third-order valence-electron chi connectivity index (χ3n) is 5.00. The van der Waals surface area contributed by atoms with Crippen molar-refractivity contribution in [1.29, 1.82) is 0 Å². The number of amides is 1. The Morgan fingerprint density at radius 3 is 2.56 bits per heavy atom. The van der Waals surface area contributed by atoms with Gasteiger partial charge in [-0.05, 0) is 56.3 Å². The zero-order chi connectivity index (χ0) is 25.5. The van der Waals surface area contributed by atoms with Gasteiger partial charge in [0.2, 0.25) is 0 Å². The molecule has 0 spiro atoms. The predicted molar refractivity (Wildman–Crippen MR) is 143 cm³/mol. The number of carbonyl (C=O) groups is 2. The Balaban J connectivity index is 1.38. The first-order chi connectivity index (χ1) is 17.4. The van der Waals surface area contributed by atoms with E-state index in [-0.39, 0.29) is 11.7 Å². The normalized spacial score (nSPS) is 11.0. The van der Waals surface area contributed by atoms with Gasteiger partial charge in [0.1, 0.15) is 11.6 Å². The van der Waals surface area contributed by atoms with Gasteiger partial charge in [-0.15, -0.1) is 10.2 Å². The van der Waals surface area contributed by atoms with Gasteiger partial charge in [0, 0.05) is 15.7 Å². The second kappa shape index (κ2) is 11.8. The fourth-order valence-electron chi connectivity index (χ4n) is 3.21.